The average molecular weight is 289 g/mol. The van der Waals surface area contributed by atoms with Crippen LogP contribution in [-0.4, -0.2) is 24.1 Å². The number of carbonyl (C=O) groups is 2. The van der Waals surface area contributed by atoms with Crippen LogP contribution in [0.1, 0.15) is 20.7 Å². The Hall–Kier alpha value is -2.89. The first-order valence-electron chi connectivity index (χ1n) is 5.99. The van der Waals surface area contributed by atoms with Crippen molar-refractivity contribution in [3.8, 4) is 5.75 Å². The summed E-state index contributed by atoms with van der Waals surface area (Å²) in [6, 6.07) is 9.40. The van der Waals surface area contributed by atoms with Crippen LogP contribution in [0.2, 0.25) is 0 Å². The van der Waals surface area contributed by atoms with Gasteiger partial charge in [0.05, 0.1) is 18.4 Å². The molecule has 2 aromatic rings. The second kappa shape index (κ2) is 6.04. The number of carbonyl (C=O) groups excluding carboxylic acids is 1. The molecule has 2 N–H and O–H groups in total. The Labute approximate surface area is 120 Å². The van der Waals surface area contributed by atoms with Crippen molar-refractivity contribution in [3.05, 3.63) is 59.4 Å². The number of aromatic carboxylic acids is 1. The fourth-order valence-corrected chi connectivity index (χ4v) is 1.77. The third-order valence-corrected chi connectivity index (χ3v) is 2.79. The first kappa shape index (κ1) is 14.5. The van der Waals surface area contributed by atoms with Crippen molar-refractivity contribution in [2.24, 2.45) is 0 Å². The standard InChI is InChI=1S/C15H12FNO4/c1-21-11-4-2-3-9(7-11)14(18)17-13-8-10(16)5-6-12(13)15(19)20/h2-8H,1H3,(H,17,18)(H,19,20). The lowest BCUT2D eigenvalue weighted by Gasteiger charge is -2.09. The van der Waals surface area contributed by atoms with Crippen molar-refractivity contribution < 1.29 is 23.8 Å². The molecule has 0 aliphatic carbocycles. The number of carboxylic acids is 1. The number of hydrogen-bond donors (Lipinski definition) is 2. The fraction of sp³-hybridized carbons (Fsp3) is 0.0667. The van der Waals surface area contributed by atoms with Crippen molar-refractivity contribution in [2.75, 3.05) is 12.4 Å². The molecule has 0 atom stereocenters. The number of anilines is 1. The Morgan fingerprint density at radius 1 is 1.19 bits per heavy atom. The van der Waals surface area contributed by atoms with E-state index < -0.39 is 17.7 Å². The highest BCUT2D eigenvalue weighted by Crippen LogP contribution is 2.19. The maximum atomic E-state index is 13.2. The Bertz CT molecular complexity index is 700. The number of rotatable bonds is 4. The van der Waals surface area contributed by atoms with Crippen LogP contribution in [-0.2, 0) is 0 Å². The number of benzene rings is 2. The lowest BCUT2D eigenvalue weighted by molar-refractivity contribution is 0.0698. The zero-order chi connectivity index (χ0) is 15.4. The Kier molecular flexibility index (Phi) is 4.18. The highest BCUT2D eigenvalue weighted by atomic mass is 19.1. The van der Waals surface area contributed by atoms with Gasteiger partial charge in [0.1, 0.15) is 11.6 Å². The van der Waals surface area contributed by atoms with Gasteiger partial charge in [-0.1, -0.05) is 6.07 Å². The molecule has 0 bridgehead atoms. The second-order valence-corrected chi connectivity index (χ2v) is 4.18. The molecule has 0 aromatic heterocycles. The normalized spacial score (nSPS) is 10.0. The molecule has 0 radical (unpaired) electrons. The van der Waals surface area contributed by atoms with E-state index in [2.05, 4.69) is 5.32 Å². The van der Waals surface area contributed by atoms with Gasteiger partial charge in [0.15, 0.2) is 0 Å². The first-order chi connectivity index (χ1) is 10.0. The molecular weight excluding hydrogens is 277 g/mol. The monoisotopic (exact) mass is 289 g/mol. The predicted molar refractivity (Wildman–Crippen MR) is 74.3 cm³/mol. The molecule has 1 amide bonds. The summed E-state index contributed by atoms with van der Waals surface area (Å²) >= 11 is 0. The molecule has 0 saturated carbocycles. The summed E-state index contributed by atoms with van der Waals surface area (Å²) in [6.07, 6.45) is 0. The summed E-state index contributed by atoms with van der Waals surface area (Å²) in [5.41, 5.74) is -0.0158. The summed E-state index contributed by atoms with van der Waals surface area (Å²) < 4.78 is 18.2. The maximum absolute atomic E-state index is 13.2. The molecule has 2 aromatic carbocycles. The number of halogens is 1. The van der Waals surface area contributed by atoms with E-state index in [4.69, 9.17) is 9.84 Å². The lowest BCUT2D eigenvalue weighted by Crippen LogP contribution is -2.15. The van der Waals surface area contributed by atoms with Crippen LogP contribution in [0.25, 0.3) is 0 Å². The molecule has 0 heterocycles. The lowest BCUT2D eigenvalue weighted by atomic mass is 10.1. The molecule has 6 heteroatoms. The number of carboxylic acid groups (broad SMARTS) is 1. The number of methoxy groups -OCH3 is 1. The van der Waals surface area contributed by atoms with E-state index in [0.717, 1.165) is 18.2 Å². The van der Waals surface area contributed by atoms with Crippen LogP contribution in [0.4, 0.5) is 10.1 Å². The third-order valence-electron chi connectivity index (χ3n) is 2.79. The summed E-state index contributed by atoms with van der Waals surface area (Å²) in [6.45, 7) is 0. The Morgan fingerprint density at radius 2 is 1.95 bits per heavy atom. The van der Waals surface area contributed by atoms with Crippen molar-refractivity contribution in [1.82, 2.24) is 0 Å². The number of amides is 1. The van der Waals surface area contributed by atoms with Crippen LogP contribution in [0.15, 0.2) is 42.5 Å². The van der Waals surface area contributed by atoms with Crippen LogP contribution in [0.3, 0.4) is 0 Å². The Balaban J connectivity index is 2.30. The van der Waals surface area contributed by atoms with E-state index in [1.165, 1.54) is 19.2 Å². The van der Waals surface area contributed by atoms with Crippen molar-refractivity contribution in [2.45, 2.75) is 0 Å². The van der Waals surface area contributed by atoms with Crippen molar-refractivity contribution in [3.63, 3.8) is 0 Å². The van der Waals surface area contributed by atoms with Gasteiger partial charge in [-0.25, -0.2) is 9.18 Å². The Morgan fingerprint density at radius 3 is 2.62 bits per heavy atom. The molecule has 21 heavy (non-hydrogen) atoms. The zero-order valence-corrected chi connectivity index (χ0v) is 11.1. The quantitative estimate of drug-likeness (QED) is 0.907. The van der Waals surface area contributed by atoms with Gasteiger partial charge in [-0.15, -0.1) is 0 Å². The van der Waals surface area contributed by atoms with E-state index in [1.807, 2.05) is 0 Å². The van der Waals surface area contributed by atoms with Crippen LogP contribution < -0.4 is 10.1 Å². The molecule has 108 valence electrons. The molecular formula is C15H12FNO4. The molecule has 0 unspecified atom stereocenters. The summed E-state index contributed by atoms with van der Waals surface area (Å²) in [5, 5.41) is 11.4. The highest BCUT2D eigenvalue weighted by Gasteiger charge is 2.14. The average Bonchev–Trinajstić information content (AvgIpc) is 2.47. The van der Waals surface area contributed by atoms with E-state index in [9.17, 15) is 14.0 Å². The van der Waals surface area contributed by atoms with Crippen LogP contribution in [0.5, 0.6) is 5.75 Å². The third kappa shape index (κ3) is 3.36. The van der Waals surface area contributed by atoms with Crippen LogP contribution in [0, 0.1) is 5.82 Å². The smallest absolute Gasteiger partial charge is 0.337 e. The molecule has 0 aliphatic rings. The van der Waals surface area contributed by atoms with Crippen molar-refractivity contribution in [1.29, 1.82) is 0 Å². The van der Waals surface area contributed by atoms with E-state index in [1.54, 1.807) is 12.1 Å². The highest BCUT2D eigenvalue weighted by molar-refractivity contribution is 6.07. The SMILES string of the molecule is COc1cccc(C(=O)Nc2cc(F)ccc2C(=O)O)c1. The van der Waals surface area contributed by atoms with Gasteiger partial charge in [-0.3, -0.25) is 4.79 Å². The number of ether oxygens (including phenoxy) is 1. The maximum Gasteiger partial charge on any atom is 0.337 e. The van der Waals surface area contributed by atoms with E-state index >= 15 is 0 Å². The first-order valence-corrected chi connectivity index (χ1v) is 5.99. The minimum atomic E-state index is -1.25. The molecule has 5 nitrogen and oxygen atoms in total. The van der Waals surface area contributed by atoms with Gasteiger partial charge in [0.25, 0.3) is 5.91 Å². The van der Waals surface area contributed by atoms with Gasteiger partial charge in [0, 0.05) is 5.56 Å². The van der Waals surface area contributed by atoms with Gasteiger partial charge >= 0.3 is 5.97 Å². The van der Waals surface area contributed by atoms with Crippen LogP contribution >= 0.6 is 0 Å². The van der Waals surface area contributed by atoms with E-state index in [0.29, 0.717) is 5.75 Å². The summed E-state index contributed by atoms with van der Waals surface area (Å²) in [4.78, 5) is 23.1. The van der Waals surface area contributed by atoms with E-state index in [-0.39, 0.29) is 16.8 Å². The van der Waals surface area contributed by atoms with Crippen molar-refractivity contribution >= 4 is 17.6 Å². The largest absolute Gasteiger partial charge is 0.497 e. The minimum Gasteiger partial charge on any atom is -0.497 e. The minimum absolute atomic E-state index is 0.102. The number of hydrogen-bond acceptors (Lipinski definition) is 3. The van der Waals surface area contributed by atoms with Gasteiger partial charge in [0.2, 0.25) is 0 Å². The molecule has 0 fully saturated rings. The second-order valence-electron chi connectivity index (χ2n) is 4.18. The number of nitrogens with one attached hydrogen (secondary N) is 1. The molecule has 2 rings (SSSR count). The predicted octanol–water partition coefficient (Wildman–Crippen LogP) is 2.78. The van der Waals surface area contributed by atoms with Gasteiger partial charge in [-0.2, -0.15) is 0 Å². The molecule has 0 saturated heterocycles. The summed E-state index contributed by atoms with van der Waals surface area (Å²) in [7, 11) is 1.46. The fourth-order valence-electron chi connectivity index (χ4n) is 1.77. The molecule has 0 aliphatic heterocycles. The van der Waals surface area contributed by atoms with Gasteiger partial charge < -0.3 is 15.2 Å². The van der Waals surface area contributed by atoms with Gasteiger partial charge in [-0.05, 0) is 36.4 Å². The molecule has 0 spiro atoms. The topological polar surface area (TPSA) is 75.6 Å². The zero-order valence-electron chi connectivity index (χ0n) is 11.1. The summed E-state index contributed by atoms with van der Waals surface area (Å²) in [5.74, 6) is -1.96.